The van der Waals surface area contributed by atoms with Crippen LogP contribution in [0, 0.1) is 0 Å². The molecule has 1 aromatic carbocycles. The van der Waals surface area contributed by atoms with Crippen LogP contribution in [0.3, 0.4) is 0 Å². The Kier molecular flexibility index (Phi) is 4.37. The highest BCUT2D eigenvalue weighted by atomic mass is 16.6. The van der Waals surface area contributed by atoms with Gasteiger partial charge < -0.3 is 15.4 Å². The van der Waals surface area contributed by atoms with Crippen molar-refractivity contribution in [3.05, 3.63) is 54.4 Å². The van der Waals surface area contributed by atoms with E-state index in [4.69, 9.17) is 4.74 Å². The number of ether oxygens (including phenoxy) is 1. The summed E-state index contributed by atoms with van der Waals surface area (Å²) in [6, 6.07) is 12.2. The summed E-state index contributed by atoms with van der Waals surface area (Å²) in [6.45, 7) is 1.22. The van der Waals surface area contributed by atoms with Gasteiger partial charge in [-0.1, -0.05) is 12.1 Å². The van der Waals surface area contributed by atoms with Gasteiger partial charge in [-0.3, -0.25) is 9.88 Å². The van der Waals surface area contributed by atoms with Crippen LogP contribution in [0.15, 0.2) is 48.7 Å². The van der Waals surface area contributed by atoms with Crippen molar-refractivity contribution >= 4 is 23.5 Å². The van der Waals surface area contributed by atoms with Gasteiger partial charge in [-0.25, -0.2) is 9.59 Å². The molecule has 7 heteroatoms. The molecule has 1 aromatic heterocycles. The third-order valence-corrected chi connectivity index (χ3v) is 3.33. The lowest BCUT2D eigenvalue weighted by atomic mass is 10.2. The van der Waals surface area contributed by atoms with E-state index in [0.717, 1.165) is 5.69 Å². The van der Waals surface area contributed by atoms with Gasteiger partial charge in [-0.15, -0.1) is 0 Å². The lowest BCUT2D eigenvalue weighted by molar-refractivity contribution is 0.181. The Hall–Kier alpha value is -3.09. The number of nitrogens with zero attached hydrogens (tertiary/aromatic N) is 2. The quantitative estimate of drug-likeness (QED) is 0.908. The van der Waals surface area contributed by atoms with Crippen LogP contribution in [0.25, 0.3) is 0 Å². The molecule has 0 aliphatic carbocycles. The lowest BCUT2D eigenvalue weighted by Crippen LogP contribution is -2.28. The van der Waals surface area contributed by atoms with E-state index in [2.05, 4.69) is 15.6 Å². The molecule has 0 saturated carbocycles. The van der Waals surface area contributed by atoms with Crippen LogP contribution >= 0.6 is 0 Å². The van der Waals surface area contributed by atoms with Crippen LogP contribution in [-0.2, 0) is 11.3 Å². The summed E-state index contributed by atoms with van der Waals surface area (Å²) in [7, 11) is 0. The second-order valence-corrected chi connectivity index (χ2v) is 4.95. The lowest BCUT2D eigenvalue weighted by Gasteiger charge is -2.14. The van der Waals surface area contributed by atoms with E-state index in [0.29, 0.717) is 31.1 Å². The Balaban J connectivity index is 1.59. The Morgan fingerprint density at radius 2 is 2.17 bits per heavy atom. The van der Waals surface area contributed by atoms with Crippen LogP contribution in [-0.4, -0.2) is 30.3 Å². The predicted octanol–water partition coefficient (Wildman–Crippen LogP) is 2.36. The number of pyridine rings is 1. The van der Waals surface area contributed by atoms with Gasteiger partial charge in [0.1, 0.15) is 6.61 Å². The zero-order valence-corrected chi connectivity index (χ0v) is 12.4. The molecular weight excluding hydrogens is 296 g/mol. The van der Waals surface area contributed by atoms with Crippen LogP contribution in [0.4, 0.5) is 21.0 Å². The van der Waals surface area contributed by atoms with Gasteiger partial charge in [0.2, 0.25) is 0 Å². The number of amides is 3. The Bertz CT molecular complexity index is 705. The maximum Gasteiger partial charge on any atom is 0.414 e. The van der Waals surface area contributed by atoms with E-state index in [1.54, 1.807) is 30.5 Å². The van der Waals surface area contributed by atoms with Crippen molar-refractivity contribution in [2.24, 2.45) is 0 Å². The zero-order chi connectivity index (χ0) is 16.1. The Morgan fingerprint density at radius 3 is 2.91 bits per heavy atom. The molecule has 1 fully saturated rings. The molecule has 0 unspecified atom stereocenters. The fourth-order valence-corrected chi connectivity index (χ4v) is 2.23. The molecule has 0 atom stereocenters. The summed E-state index contributed by atoms with van der Waals surface area (Å²) < 4.78 is 4.91. The molecule has 0 spiro atoms. The molecule has 23 heavy (non-hydrogen) atoms. The van der Waals surface area contributed by atoms with E-state index in [9.17, 15) is 9.59 Å². The van der Waals surface area contributed by atoms with Gasteiger partial charge in [-0.2, -0.15) is 0 Å². The van der Waals surface area contributed by atoms with Crippen molar-refractivity contribution in [2.45, 2.75) is 6.54 Å². The van der Waals surface area contributed by atoms with Gasteiger partial charge >= 0.3 is 12.1 Å². The molecule has 2 heterocycles. The molecule has 0 bridgehead atoms. The summed E-state index contributed by atoms with van der Waals surface area (Å²) >= 11 is 0. The first-order valence-electron chi connectivity index (χ1n) is 7.21. The van der Waals surface area contributed by atoms with Crippen molar-refractivity contribution in [3.63, 3.8) is 0 Å². The minimum Gasteiger partial charge on any atom is -0.447 e. The summed E-state index contributed by atoms with van der Waals surface area (Å²) in [6.07, 6.45) is 1.30. The van der Waals surface area contributed by atoms with E-state index in [1.165, 1.54) is 4.90 Å². The second kappa shape index (κ2) is 6.78. The molecule has 7 nitrogen and oxygen atoms in total. The largest absolute Gasteiger partial charge is 0.447 e. The number of cyclic esters (lactones) is 1. The molecular formula is C16H16N4O3. The van der Waals surface area contributed by atoms with E-state index < -0.39 is 0 Å². The highest BCUT2D eigenvalue weighted by Crippen LogP contribution is 2.22. The highest BCUT2D eigenvalue weighted by Gasteiger charge is 2.23. The molecule has 1 aliphatic heterocycles. The topological polar surface area (TPSA) is 83.6 Å². The summed E-state index contributed by atoms with van der Waals surface area (Å²) in [5, 5.41) is 5.46. The Labute approximate surface area is 133 Å². The SMILES string of the molecule is O=C(NCc1ccccn1)Nc1cccc(N2CCOC2=O)c1. The average Bonchev–Trinajstić information content (AvgIpc) is 3.00. The summed E-state index contributed by atoms with van der Waals surface area (Å²) in [5.41, 5.74) is 2.06. The number of hydrogen-bond acceptors (Lipinski definition) is 4. The molecule has 1 aliphatic rings. The van der Waals surface area contributed by atoms with Gasteiger partial charge in [0.05, 0.1) is 18.8 Å². The van der Waals surface area contributed by atoms with Crippen LogP contribution < -0.4 is 15.5 Å². The average molecular weight is 312 g/mol. The maximum absolute atomic E-state index is 11.9. The zero-order valence-electron chi connectivity index (χ0n) is 12.4. The van der Waals surface area contributed by atoms with E-state index >= 15 is 0 Å². The number of carbonyl (C=O) groups is 2. The first kappa shape index (κ1) is 14.8. The van der Waals surface area contributed by atoms with Gasteiger partial charge in [0.25, 0.3) is 0 Å². The normalized spacial score (nSPS) is 13.6. The fourth-order valence-electron chi connectivity index (χ4n) is 2.23. The summed E-state index contributed by atoms with van der Waals surface area (Å²) in [4.78, 5) is 29.1. The molecule has 2 N–H and O–H groups in total. The van der Waals surface area contributed by atoms with Crippen LogP contribution in [0.5, 0.6) is 0 Å². The van der Waals surface area contributed by atoms with Crippen molar-refractivity contribution in [2.75, 3.05) is 23.4 Å². The maximum atomic E-state index is 11.9. The molecule has 0 radical (unpaired) electrons. The number of urea groups is 1. The predicted molar refractivity (Wildman–Crippen MR) is 85.2 cm³/mol. The number of carbonyl (C=O) groups excluding carboxylic acids is 2. The molecule has 2 aromatic rings. The molecule has 3 rings (SSSR count). The fraction of sp³-hybridized carbons (Fsp3) is 0.188. The molecule has 118 valence electrons. The van der Waals surface area contributed by atoms with Crippen LogP contribution in [0.2, 0.25) is 0 Å². The molecule has 1 saturated heterocycles. The smallest absolute Gasteiger partial charge is 0.414 e. The van der Waals surface area contributed by atoms with Crippen molar-refractivity contribution < 1.29 is 14.3 Å². The first-order valence-corrected chi connectivity index (χ1v) is 7.21. The first-order chi connectivity index (χ1) is 11.2. The number of hydrogen-bond donors (Lipinski definition) is 2. The monoisotopic (exact) mass is 312 g/mol. The van der Waals surface area contributed by atoms with Crippen molar-refractivity contribution in [1.29, 1.82) is 0 Å². The number of rotatable bonds is 4. The Morgan fingerprint density at radius 1 is 1.26 bits per heavy atom. The van der Waals surface area contributed by atoms with Gasteiger partial charge in [0, 0.05) is 17.6 Å². The van der Waals surface area contributed by atoms with Crippen molar-refractivity contribution in [1.82, 2.24) is 10.3 Å². The number of nitrogens with one attached hydrogen (secondary N) is 2. The van der Waals surface area contributed by atoms with Gasteiger partial charge in [-0.05, 0) is 30.3 Å². The number of anilines is 2. The number of aromatic nitrogens is 1. The van der Waals surface area contributed by atoms with E-state index in [1.807, 2.05) is 18.2 Å². The van der Waals surface area contributed by atoms with Crippen LogP contribution in [0.1, 0.15) is 5.69 Å². The third kappa shape index (κ3) is 3.76. The minimum atomic E-state index is -0.373. The standard InChI is InChI=1S/C16H16N4O3/c21-15(18-11-13-4-1-2-7-17-13)19-12-5-3-6-14(10-12)20-8-9-23-16(20)22/h1-7,10H,8-9,11H2,(H2,18,19,21). The third-order valence-electron chi connectivity index (χ3n) is 3.33. The minimum absolute atomic E-state index is 0.336. The highest BCUT2D eigenvalue weighted by molar-refractivity contribution is 5.93. The van der Waals surface area contributed by atoms with Crippen molar-refractivity contribution in [3.8, 4) is 0 Å². The molecule has 3 amide bonds. The summed E-state index contributed by atoms with van der Waals surface area (Å²) in [5.74, 6) is 0. The number of benzene rings is 1. The second-order valence-electron chi connectivity index (χ2n) is 4.95. The van der Waals surface area contributed by atoms with Gasteiger partial charge in [0.15, 0.2) is 0 Å². The van der Waals surface area contributed by atoms with E-state index in [-0.39, 0.29) is 12.1 Å².